The van der Waals surface area contributed by atoms with Crippen LogP contribution in [0.5, 0.6) is 0 Å². The van der Waals surface area contributed by atoms with Crippen LogP contribution in [0.1, 0.15) is 12.0 Å². The van der Waals surface area contributed by atoms with Gasteiger partial charge >= 0.3 is 0 Å². The van der Waals surface area contributed by atoms with Crippen LogP contribution in [-0.2, 0) is 6.42 Å². The molecule has 3 heteroatoms. The molecule has 0 saturated carbocycles. The fourth-order valence-electron chi connectivity index (χ4n) is 1.56. The van der Waals surface area contributed by atoms with Crippen molar-refractivity contribution < 1.29 is 0 Å². The van der Waals surface area contributed by atoms with E-state index >= 15 is 0 Å². The van der Waals surface area contributed by atoms with Gasteiger partial charge < -0.3 is 5.32 Å². The van der Waals surface area contributed by atoms with Gasteiger partial charge in [-0.05, 0) is 24.5 Å². The van der Waals surface area contributed by atoms with Gasteiger partial charge in [0, 0.05) is 5.69 Å². The number of anilines is 1. The molecule has 0 aromatic heterocycles. The first-order valence-electron chi connectivity index (χ1n) is 4.21. The second-order valence-corrected chi connectivity index (χ2v) is 3.06. The monoisotopic (exact) mass is 163 g/mol. The van der Waals surface area contributed by atoms with Gasteiger partial charge in [-0.1, -0.05) is 18.2 Å². The normalized spacial score (nSPS) is 21.2. The first-order chi connectivity index (χ1) is 5.90. The number of fused-ring (bicyclic) bond motifs is 1. The molecule has 0 radical (unpaired) electrons. The van der Waals surface area contributed by atoms with Gasteiger partial charge in [-0.25, -0.2) is 5.43 Å². The maximum atomic E-state index is 5.35. The Morgan fingerprint density at radius 2 is 2.25 bits per heavy atom. The van der Waals surface area contributed by atoms with Crippen LogP contribution in [0.15, 0.2) is 24.3 Å². The summed E-state index contributed by atoms with van der Waals surface area (Å²) < 4.78 is 0. The topological polar surface area (TPSA) is 50.1 Å². The van der Waals surface area contributed by atoms with Crippen LogP contribution >= 0.6 is 0 Å². The van der Waals surface area contributed by atoms with Crippen molar-refractivity contribution >= 4 is 5.69 Å². The number of aryl methyl sites for hydroxylation is 1. The zero-order valence-electron chi connectivity index (χ0n) is 6.88. The molecule has 0 amide bonds. The molecule has 64 valence electrons. The lowest BCUT2D eigenvalue weighted by atomic mass is 10.0. The number of nitrogens with one attached hydrogen (secondary N) is 2. The molecule has 0 aliphatic carbocycles. The summed E-state index contributed by atoms with van der Waals surface area (Å²) in [6.07, 6.45) is 2.37. The molecule has 3 nitrogen and oxygen atoms in total. The van der Waals surface area contributed by atoms with Crippen molar-refractivity contribution in [1.29, 1.82) is 0 Å². The summed E-state index contributed by atoms with van der Waals surface area (Å²) in [5.74, 6) is 5.35. The Morgan fingerprint density at radius 3 is 3.08 bits per heavy atom. The van der Waals surface area contributed by atoms with E-state index in [1.54, 1.807) is 0 Å². The molecule has 0 saturated heterocycles. The Kier molecular flexibility index (Phi) is 1.98. The largest absolute Gasteiger partial charge is 0.369 e. The fraction of sp³-hybridized carbons (Fsp3) is 0.333. The van der Waals surface area contributed by atoms with Gasteiger partial charge in [-0.3, -0.25) is 5.84 Å². The smallest absolute Gasteiger partial charge is 0.0896 e. The first kappa shape index (κ1) is 7.58. The Hall–Kier alpha value is -1.06. The minimum atomic E-state index is 0.222. The van der Waals surface area contributed by atoms with Crippen molar-refractivity contribution in [2.24, 2.45) is 5.84 Å². The highest BCUT2D eigenvalue weighted by atomic mass is 15.3. The average molecular weight is 163 g/mol. The number of benzene rings is 1. The quantitative estimate of drug-likeness (QED) is 0.424. The van der Waals surface area contributed by atoms with Gasteiger partial charge in [0.05, 0.1) is 6.17 Å². The van der Waals surface area contributed by atoms with E-state index in [-0.39, 0.29) is 6.17 Å². The highest BCUT2D eigenvalue weighted by molar-refractivity contribution is 5.53. The summed E-state index contributed by atoms with van der Waals surface area (Å²) in [5.41, 5.74) is 5.31. The molecule has 0 bridgehead atoms. The maximum absolute atomic E-state index is 5.35. The average Bonchev–Trinajstić information content (AvgIpc) is 2.17. The van der Waals surface area contributed by atoms with Crippen LogP contribution < -0.4 is 16.6 Å². The van der Waals surface area contributed by atoms with Gasteiger partial charge in [-0.15, -0.1) is 0 Å². The Bertz CT molecular complexity index is 272. The van der Waals surface area contributed by atoms with E-state index in [1.165, 1.54) is 11.3 Å². The predicted octanol–water partition coefficient (Wildman–Crippen LogP) is 0.834. The summed E-state index contributed by atoms with van der Waals surface area (Å²) in [4.78, 5) is 0. The van der Waals surface area contributed by atoms with Gasteiger partial charge in [-0.2, -0.15) is 0 Å². The summed E-state index contributed by atoms with van der Waals surface area (Å²) >= 11 is 0. The molecular weight excluding hydrogens is 150 g/mol. The molecule has 1 atom stereocenters. The summed E-state index contributed by atoms with van der Waals surface area (Å²) in [7, 11) is 0. The van der Waals surface area contributed by atoms with Crippen molar-refractivity contribution in [1.82, 2.24) is 5.43 Å². The molecule has 1 aromatic rings. The minimum Gasteiger partial charge on any atom is -0.369 e. The number of rotatable bonds is 1. The predicted molar refractivity (Wildman–Crippen MR) is 49.5 cm³/mol. The van der Waals surface area contributed by atoms with E-state index in [0.717, 1.165) is 12.8 Å². The summed E-state index contributed by atoms with van der Waals surface area (Å²) in [6, 6.07) is 8.33. The molecule has 1 aromatic carbocycles. The molecule has 0 fully saturated rings. The van der Waals surface area contributed by atoms with Gasteiger partial charge in [0.25, 0.3) is 0 Å². The molecule has 12 heavy (non-hydrogen) atoms. The van der Waals surface area contributed by atoms with Gasteiger partial charge in [0.2, 0.25) is 0 Å². The van der Waals surface area contributed by atoms with Crippen molar-refractivity contribution in [3.05, 3.63) is 29.8 Å². The van der Waals surface area contributed by atoms with E-state index in [9.17, 15) is 0 Å². The van der Waals surface area contributed by atoms with Gasteiger partial charge in [0.15, 0.2) is 0 Å². The SMILES string of the molecule is NNC1CCc2ccccc2N1. The van der Waals surface area contributed by atoms with Crippen LogP contribution in [0, 0.1) is 0 Å². The second kappa shape index (κ2) is 3.13. The molecule has 0 spiro atoms. The van der Waals surface area contributed by atoms with E-state index in [0.29, 0.717) is 0 Å². The molecule has 1 heterocycles. The minimum absolute atomic E-state index is 0.222. The van der Waals surface area contributed by atoms with E-state index in [1.807, 2.05) is 6.07 Å². The molecule has 1 unspecified atom stereocenters. The highest BCUT2D eigenvalue weighted by Gasteiger charge is 2.14. The van der Waals surface area contributed by atoms with Crippen LogP contribution in [0.3, 0.4) is 0 Å². The zero-order chi connectivity index (χ0) is 8.39. The van der Waals surface area contributed by atoms with Crippen molar-refractivity contribution in [3.8, 4) is 0 Å². The van der Waals surface area contributed by atoms with E-state index in [4.69, 9.17) is 5.84 Å². The van der Waals surface area contributed by atoms with E-state index in [2.05, 4.69) is 28.9 Å². The molecule has 4 N–H and O–H groups in total. The van der Waals surface area contributed by atoms with Crippen molar-refractivity contribution in [2.45, 2.75) is 19.0 Å². The van der Waals surface area contributed by atoms with Crippen LogP contribution in [0.2, 0.25) is 0 Å². The van der Waals surface area contributed by atoms with Crippen LogP contribution in [-0.4, -0.2) is 6.17 Å². The molecule has 2 rings (SSSR count). The van der Waals surface area contributed by atoms with Crippen LogP contribution in [0.25, 0.3) is 0 Å². The second-order valence-electron chi connectivity index (χ2n) is 3.06. The third-order valence-electron chi connectivity index (χ3n) is 2.25. The summed E-state index contributed by atoms with van der Waals surface area (Å²) in [6.45, 7) is 0. The first-order valence-corrected chi connectivity index (χ1v) is 4.21. The van der Waals surface area contributed by atoms with Crippen molar-refractivity contribution in [3.63, 3.8) is 0 Å². The molecule has 1 aliphatic rings. The number of hydrogen-bond acceptors (Lipinski definition) is 3. The number of nitrogens with two attached hydrogens (primary N) is 1. The lowest BCUT2D eigenvalue weighted by Crippen LogP contribution is -2.43. The summed E-state index contributed by atoms with van der Waals surface area (Å²) in [5, 5.41) is 3.31. The number of hydrazine groups is 1. The Labute approximate surface area is 71.9 Å². The number of para-hydroxylation sites is 1. The van der Waals surface area contributed by atoms with E-state index < -0.39 is 0 Å². The zero-order valence-corrected chi connectivity index (χ0v) is 6.88. The van der Waals surface area contributed by atoms with Crippen LogP contribution in [0.4, 0.5) is 5.69 Å². The maximum Gasteiger partial charge on any atom is 0.0896 e. The van der Waals surface area contributed by atoms with Crippen molar-refractivity contribution in [2.75, 3.05) is 5.32 Å². The Morgan fingerprint density at radius 1 is 1.42 bits per heavy atom. The fourth-order valence-corrected chi connectivity index (χ4v) is 1.56. The third-order valence-corrected chi connectivity index (χ3v) is 2.25. The molecular formula is C9H13N3. The highest BCUT2D eigenvalue weighted by Crippen LogP contribution is 2.22. The lowest BCUT2D eigenvalue weighted by Gasteiger charge is -2.25. The third kappa shape index (κ3) is 1.29. The Balaban J connectivity index is 2.23. The standard InChI is InChI=1S/C9H13N3/c10-12-9-6-5-7-3-1-2-4-8(7)11-9/h1-4,9,11-12H,5-6,10H2. The number of hydrogen-bond donors (Lipinski definition) is 3. The van der Waals surface area contributed by atoms with Gasteiger partial charge in [0.1, 0.15) is 0 Å². The lowest BCUT2D eigenvalue weighted by molar-refractivity contribution is 0.530. The molecule has 1 aliphatic heterocycles.